The Labute approximate surface area is 248 Å². The number of phosphoric acid groups is 2. The molecule has 3 saturated heterocycles. The third-order valence-electron chi connectivity index (χ3n) is 7.37. The number of nitrogens with zero attached hydrogens (tertiary/aromatic N) is 6. The monoisotopic (exact) mass is 678 g/mol. The van der Waals surface area contributed by atoms with Crippen molar-refractivity contribution < 1.29 is 60.1 Å². The minimum atomic E-state index is -5.25. The van der Waals surface area contributed by atoms with Crippen molar-refractivity contribution in [3.05, 3.63) is 28.7 Å². The number of aliphatic imine (C=N–C) groups is 1. The lowest BCUT2D eigenvalue weighted by Gasteiger charge is -2.25. The van der Waals surface area contributed by atoms with Crippen LogP contribution in [0.3, 0.4) is 0 Å². The number of hydrogen-bond acceptors (Lipinski definition) is 15. The van der Waals surface area contributed by atoms with Crippen molar-refractivity contribution in [1.82, 2.24) is 29.1 Å². The molecule has 0 aliphatic carbocycles. The topological polar surface area (TPSA) is 267 Å². The average Bonchev–Trinajstić information content (AvgIpc) is 3.72. The van der Waals surface area contributed by atoms with Crippen LogP contribution in [0.2, 0.25) is 0 Å². The molecule has 2 unspecified atom stereocenters. The molecule has 4 aliphatic heterocycles. The molecule has 3 fully saturated rings. The molecule has 7 heterocycles. The predicted molar refractivity (Wildman–Crippen MR) is 141 cm³/mol. The molecule has 3 aromatic rings. The molecular weight excluding hydrogens is 656 g/mol. The minimum absolute atomic E-state index is 0.0279. The zero-order valence-corrected chi connectivity index (χ0v) is 24.1. The Bertz CT molecular complexity index is 1870. The Morgan fingerprint density at radius 2 is 1.60 bits per heavy atom. The summed E-state index contributed by atoms with van der Waals surface area (Å²) in [4.78, 5) is 63.5. The fourth-order valence-corrected chi connectivity index (χ4v) is 7.23. The summed E-state index contributed by atoms with van der Waals surface area (Å²) in [5.41, 5.74) is 4.37. The van der Waals surface area contributed by atoms with Gasteiger partial charge in [-0.1, -0.05) is 0 Å². The number of hydrogen-bond donors (Lipinski definition) is 4. The van der Waals surface area contributed by atoms with Crippen molar-refractivity contribution in [2.24, 2.45) is 4.99 Å². The first-order valence-corrected chi connectivity index (χ1v) is 16.1. The van der Waals surface area contributed by atoms with E-state index in [1.165, 1.54) is 6.21 Å². The van der Waals surface area contributed by atoms with Crippen LogP contribution in [-0.4, -0.2) is 101 Å². The number of alkyl halides is 2. The van der Waals surface area contributed by atoms with E-state index in [9.17, 15) is 28.5 Å². The number of rotatable bonds is 2. The van der Waals surface area contributed by atoms with Gasteiger partial charge in [0.15, 0.2) is 53.3 Å². The lowest BCUT2D eigenvalue weighted by atomic mass is 10.1. The molecule has 7 rings (SSSR count). The maximum Gasteiger partial charge on any atom is 0.472 e. The Balaban J connectivity index is 1.20. The Kier molecular flexibility index (Phi) is 7.36. The summed E-state index contributed by atoms with van der Waals surface area (Å²) in [5.74, 6) is -0.771. The van der Waals surface area contributed by atoms with Gasteiger partial charge < -0.3 is 25.0 Å². The zero-order valence-electron chi connectivity index (χ0n) is 22.4. The van der Waals surface area contributed by atoms with Gasteiger partial charge in [0.25, 0.3) is 5.56 Å². The Hall–Kier alpha value is -3.30. The number of anilines is 1. The van der Waals surface area contributed by atoms with E-state index >= 15 is 8.78 Å². The van der Waals surface area contributed by atoms with Gasteiger partial charge in [0.05, 0.1) is 25.9 Å². The molecule has 10 atom stereocenters. The number of halogens is 2. The van der Waals surface area contributed by atoms with E-state index in [0.717, 1.165) is 21.8 Å². The summed E-state index contributed by atoms with van der Waals surface area (Å²) < 4.78 is 91.1. The lowest BCUT2D eigenvalue weighted by molar-refractivity contribution is -0.0671. The highest BCUT2D eigenvalue weighted by Crippen LogP contribution is 2.54. The van der Waals surface area contributed by atoms with Crippen LogP contribution in [0.25, 0.3) is 11.2 Å². The van der Waals surface area contributed by atoms with Crippen LogP contribution in [0.1, 0.15) is 29.4 Å². The van der Waals surface area contributed by atoms with Gasteiger partial charge in [0.2, 0.25) is 5.95 Å². The number of aromatic amines is 1. The minimum Gasteiger partial charge on any atom is -0.369 e. The van der Waals surface area contributed by atoms with Crippen LogP contribution in [0.15, 0.2) is 22.4 Å². The highest BCUT2D eigenvalue weighted by Gasteiger charge is 2.55. The number of nitrogen functional groups attached to an aromatic ring is 1. The van der Waals surface area contributed by atoms with Crippen LogP contribution in [-0.2, 0) is 36.7 Å². The SMILES string of the molecule is Nc1nc2c(ncn2[C@@H]2O[C@@H]3COP(=O)(O)O[C@H]4[C@@H](F)[C@H](n5cnc6c5N=CCC6=O)O[C@@H]4COP(=O)(O)O[C@@H]2[C@@H]3F)c(=O)[nH]1. The molecule has 4 aliphatic rings. The van der Waals surface area contributed by atoms with Gasteiger partial charge in [0, 0.05) is 12.6 Å². The second-order valence-corrected chi connectivity index (χ2v) is 13.0. The molecule has 0 spiro atoms. The van der Waals surface area contributed by atoms with Crippen LogP contribution >= 0.6 is 15.6 Å². The van der Waals surface area contributed by atoms with Crippen LogP contribution < -0.4 is 11.3 Å². The summed E-state index contributed by atoms with van der Waals surface area (Å²) in [6.07, 6.45) is -11.8. The molecule has 0 saturated carbocycles. The number of imidazole rings is 2. The molecule has 0 amide bonds. The van der Waals surface area contributed by atoms with Gasteiger partial charge in [0.1, 0.15) is 24.4 Å². The third-order valence-corrected chi connectivity index (χ3v) is 9.34. The van der Waals surface area contributed by atoms with Gasteiger partial charge in [-0.2, -0.15) is 4.98 Å². The van der Waals surface area contributed by atoms with Crippen LogP contribution in [0.5, 0.6) is 0 Å². The Morgan fingerprint density at radius 1 is 0.933 bits per heavy atom. The van der Waals surface area contributed by atoms with E-state index in [1.807, 2.05) is 0 Å². The summed E-state index contributed by atoms with van der Waals surface area (Å²) >= 11 is 0. The van der Waals surface area contributed by atoms with Gasteiger partial charge in [-0.25, -0.2) is 32.9 Å². The van der Waals surface area contributed by atoms with Crippen molar-refractivity contribution >= 4 is 50.6 Å². The fourth-order valence-electron chi connectivity index (χ4n) is 5.35. The van der Waals surface area contributed by atoms with E-state index in [0.29, 0.717) is 0 Å². The number of nitrogens with one attached hydrogen (secondary N) is 1. The summed E-state index contributed by atoms with van der Waals surface area (Å²) in [6, 6.07) is 0. The molecule has 45 heavy (non-hydrogen) atoms. The molecular formula is C21H22F2N8O12P2. The number of nitrogens with two attached hydrogens (primary N) is 1. The molecule has 242 valence electrons. The van der Waals surface area contributed by atoms with Gasteiger partial charge in [-0.15, -0.1) is 0 Å². The highest BCUT2D eigenvalue weighted by molar-refractivity contribution is 7.47. The standard InChI is InChI=1S/C21H22F2N8O12P2/c22-10-8-3-38-44(34,35)42-14-9(41-19(11(14)23)30-5-26-12-7(32)1-2-25-16(12)30)4-39-45(36,37)43-15(10)20(40-8)31-6-27-13-17(31)28-21(24)29-18(13)33/h2,5-6,8-11,14-15,19-20H,1,3-4H2,(H,34,35)(H,36,37)(H3,24,28,29,33)/t8-,9-,10-,11-,14-,15-,19-,20-/m1/s1. The molecule has 2 bridgehead atoms. The number of fused-ring (bicyclic) bond motifs is 5. The fraction of sp³-hybridized carbons (Fsp3) is 0.524. The predicted octanol–water partition coefficient (Wildman–Crippen LogP) is 0.376. The van der Waals surface area contributed by atoms with Crippen molar-refractivity contribution in [2.45, 2.75) is 55.6 Å². The van der Waals surface area contributed by atoms with Gasteiger partial charge >= 0.3 is 15.6 Å². The van der Waals surface area contributed by atoms with Crippen LogP contribution in [0.4, 0.5) is 20.5 Å². The number of phosphoric ester groups is 2. The number of aromatic nitrogens is 6. The molecule has 3 aromatic heterocycles. The maximum absolute atomic E-state index is 15.8. The molecule has 24 heteroatoms. The number of H-pyrrole nitrogens is 1. The quantitative estimate of drug-likeness (QED) is 0.267. The van der Waals surface area contributed by atoms with Crippen molar-refractivity contribution in [3.8, 4) is 0 Å². The first kappa shape index (κ1) is 30.4. The Morgan fingerprint density at radius 3 is 2.36 bits per heavy atom. The molecule has 0 aromatic carbocycles. The first-order valence-electron chi connectivity index (χ1n) is 13.1. The largest absolute Gasteiger partial charge is 0.472 e. The zero-order chi connectivity index (χ0) is 31.8. The number of carbonyl (C=O) groups is 1. The van der Waals surface area contributed by atoms with E-state index < -0.39 is 89.4 Å². The number of carbonyl (C=O) groups excluding carboxylic acids is 1. The lowest BCUT2D eigenvalue weighted by Crippen LogP contribution is -2.34. The molecule has 5 N–H and O–H groups in total. The molecule has 0 radical (unpaired) electrons. The maximum atomic E-state index is 15.8. The smallest absolute Gasteiger partial charge is 0.369 e. The number of ketones is 1. The summed E-state index contributed by atoms with van der Waals surface area (Å²) in [5, 5.41) is 0. The van der Waals surface area contributed by atoms with E-state index in [1.54, 1.807) is 0 Å². The van der Waals surface area contributed by atoms with Crippen molar-refractivity contribution in [1.29, 1.82) is 0 Å². The summed E-state index contributed by atoms with van der Waals surface area (Å²) in [6.45, 7) is -1.97. The van der Waals surface area contributed by atoms with E-state index in [2.05, 4.69) is 24.9 Å². The number of Topliss-reactive ketones (excluding diaryl/α,β-unsaturated/α-hetero) is 1. The summed E-state index contributed by atoms with van der Waals surface area (Å²) in [7, 11) is -10.5. The van der Waals surface area contributed by atoms with Crippen LogP contribution in [0, 0.1) is 0 Å². The number of ether oxygens (including phenoxy) is 2. The second-order valence-electron chi connectivity index (χ2n) is 10.2. The van der Waals surface area contributed by atoms with E-state index in [-0.39, 0.29) is 35.0 Å². The molecule has 20 nitrogen and oxygen atoms in total. The van der Waals surface area contributed by atoms with Gasteiger partial charge in [-0.05, 0) is 0 Å². The normalized spacial score (nSPS) is 38.8. The van der Waals surface area contributed by atoms with Crippen molar-refractivity contribution in [2.75, 3.05) is 18.9 Å². The van der Waals surface area contributed by atoms with Gasteiger partial charge in [-0.3, -0.25) is 41.8 Å². The highest BCUT2D eigenvalue weighted by atomic mass is 31.2. The third kappa shape index (κ3) is 5.35. The second kappa shape index (κ2) is 10.9. The van der Waals surface area contributed by atoms with E-state index in [4.69, 9.17) is 33.3 Å². The van der Waals surface area contributed by atoms with Crippen molar-refractivity contribution in [3.63, 3.8) is 0 Å². The average molecular weight is 678 g/mol. The first-order chi connectivity index (χ1) is 21.3.